The van der Waals surface area contributed by atoms with Crippen molar-refractivity contribution in [2.75, 3.05) is 13.2 Å². The van der Waals surface area contributed by atoms with E-state index in [9.17, 15) is 4.79 Å². The van der Waals surface area contributed by atoms with Crippen molar-refractivity contribution < 1.29 is 14.3 Å². The number of hydrogen-bond donors (Lipinski definition) is 0. The van der Waals surface area contributed by atoms with Crippen molar-refractivity contribution in [1.29, 1.82) is 0 Å². The first-order chi connectivity index (χ1) is 15.1. The molecule has 31 heavy (non-hydrogen) atoms. The third-order valence-corrected chi connectivity index (χ3v) is 4.79. The maximum absolute atomic E-state index is 12.1. The molecular formula is C28H28O3. The molecule has 0 saturated heterocycles. The maximum atomic E-state index is 12.1. The van der Waals surface area contributed by atoms with Gasteiger partial charge < -0.3 is 9.47 Å². The van der Waals surface area contributed by atoms with Crippen molar-refractivity contribution in [1.82, 2.24) is 0 Å². The Hall–Kier alpha value is -3.59. The highest BCUT2D eigenvalue weighted by Gasteiger charge is 2.00. The molecule has 0 atom stereocenters. The molecule has 3 rings (SSSR count). The third-order valence-electron chi connectivity index (χ3n) is 4.79. The van der Waals surface area contributed by atoms with E-state index in [4.69, 9.17) is 9.47 Å². The molecule has 0 saturated carbocycles. The van der Waals surface area contributed by atoms with Gasteiger partial charge in [0.1, 0.15) is 11.5 Å². The summed E-state index contributed by atoms with van der Waals surface area (Å²) < 4.78 is 11.6. The van der Waals surface area contributed by atoms with Crippen LogP contribution in [0.2, 0.25) is 0 Å². The molecular weight excluding hydrogens is 384 g/mol. The van der Waals surface area contributed by atoms with Gasteiger partial charge in [0.05, 0.1) is 13.2 Å². The van der Waals surface area contributed by atoms with E-state index in [2.05, 4.69) is 6.58 Å². The molecule has 0 aliphatic rings. The zero-order chi connectivity index (χ0) is 21.9. The Balaban J connectivity index is 1.34. The van der Waals surface area contributed by atoms with Gasteiger partial charge in [-0.25, -0.2) is 0 Å². The van der Waals surface area contributed by atoms with Gasteiger partial charge >= 0.3 is 0 Å². The molecule has 0 bridgehead atoms. The van der Waals surface area contributed by atoms with Crippen molar-refractivity contribution in [2.45, 2.75) is 19.8 Å². The Morgan fingerprint density at radius 2 is 1.32 bits per heavy atom. The van der Waals surface area contributed by atoms with Crippen LogP contribution in [-0.2, 0) is 0 Å². The lowest BCUT2D eigenvalue weighted by Crippen LogP contribution is -2.02. The molecule has 0 aromatic heterocycles. The Labute approximate surface area is 184 Å². The number of rotatable bonds is 11. The van der Waals surface area contributed by atoms with Gasteiger partial charge in [-0.1, -0.05) is 72.8 Å². The minimum absolute atomic E-state index is 0.00472. The minimum Gasteiger partial charge on any atom is -0.494 e. The van der Waals surface area contributed by atoms with Crippen LogP contribution in [0.4, 0.5) is 0 Å². The monoisotopic (exact) mass is 412 g/mol. The maximum Gasteiger partial charge on any atom is 0.185 e. The van der Waals surface area contributed by atoms with E-state index in [0.717, 1.165) is 41.0 Å². The Kier molecular flexibility index (Phi) is 8.24. The number of carbonyl (C=O) groups is 1. The first-order valence-corrected chi connectivity index (χ1v) is 10.5. The molecule has 0 aliphatic carbocycles. The molecule has 0 amide bonds. The lowest BCUT2D eigenvalue weighted by atomic mass is 10.1. The van der Waals surface area contributed by atoms with E-state index >= 15 is 0 Å². The van der Waals surface area contributed by atoms with Gasteiger partial charge in [0.2, 0.25) is 0 Å². The van der Waals surface area contributed by atoms with Gasteiger partial charge in [-0.2, -0.15) is 0 Å². The SMILES string of the molecule is C=C(C)c1ccc(OCCCCOc2ccc(/C=C/C(=O)c3ccccc3)cc2)cc1. The molecule has 0 heterocycles. The molecule has 3 aromatic rings. The van der Waals surface area contributed by atoms with E-state index in [1.807, 2.05) is 91.9 Å². The van der Waals surface area contributed by atoms with Crippen LogP contribution >= 0.6 is 0 Å². The van der Waals surface area contributed by atoms with Crippen LogP contribution in [0.1, 0.15) is 41.3 Å². The number of benzene rings is 3. The van der Waals surface area contributed by atoms with Crippen LogP contribution in [0.5, 0.6) is 11.5 Å². The second-order valence-corrected chi connectivity index (χ2v) is 7.34. The molecule has 0 fully saturated rings. The molecule has 0 aliphatic heterocycles. The molecule has 3 nitrogen and oxygen atoms in total. The number of ether oxygens (including phenoxy) is 2. The summed E-state index contributed by atoms with van der Waals surface area (Å²) in [4.78, 5) is 12.1. The fraction of sp³-hybridized carbons (Fsp3) is 0.179. The molecule has 0 unspecified atom stereocenters. The lowest BCUT2D eigenvalue weighted by Gasteiger charge is -2.08. The highest BCUT2D eigenvalue weighted by molar-refractivity contribution is 6.06. The predicted octanol–water partition coefficient (Wildman–Crippen LogP) is 6.85. The van der Waals surface area contributed by atoms with E-state index in [1.165, 1.54) is 0 Å². The predicted molar refractivity (Wildman–Crippen MR) is 128 cm³/mol. The fourth-order valence-electron chi connectivity index (χ4n) is 2.97. The van der Waals surface area contributed by atoms with Crippen LogP contribution in [-0.4, -0.2) is 19.0 Å². The van der Waals surface area contributed by atoms with Gasteiger partial charge in [0, 0.05) is 5.56 Å². The van der Waals surface area contributed by atoms with Gasteiger partial charge in [0.15, 0.2) is 5.78 Å². The lowest BCUT2D eigenvalue weighted by molar-refractivity contribution is 0.104. The van der Waals surface area contributed by atoms with E-state index in [1.54, 1.807) is 6.08 Å². The average Bonchev–Trinajstić information content (AvgIpc) is 2.81. The molecule has 3 heteroatoms. The van der Waals surface area contributed by atoms with Crippen LogP contribution in [0, 0.1) is 0 Å². The molecule has 0 radical (unpaired) electrons. The Bertz CT molecular complexity index is 1000. The number of hydrogen-bond acceptors (Lipinski definition) is 3. The van der Waals surface area contributed by atoms with Gasteiger partial charge in [0.25, 0.3) is 0 Å². The topological polar surface area (TPSA) is 35.5 Å². The Morgan fingerprint density at radius 1 is 0.774 bits per heavy atom. The molecule has 0 spiro atoms. The number of ketones is 1. The smallest absolute Gasteiger partial charge is 0.185 e. The van der Waals surface area contributed by atoms with Crippen molar-refractivity contribution >= 4 is 17.4 Å². The summed E-state index contributed by atoms with van der Waals surface area (Å²) in [7, 11) is 0. The van der Waals surface area contributed by atoms with E-state index in [0.29, 0.717) is 18.8 Å². The third kappa shape index (κ3) is 7.31. The first-order valence-electron chi connectivity index (χ1n) is 10.5. The summed E-state index contributed by atoms with van der Waals surface area (Å²) in [6.45, 7) is 7.23. The number of allylic oxidation sites excluding steroid dienone is 2. The quantitative estimate of drug-likeness (QED) is 0.196. The second-order valence-electron chi connectivity index (χ2n) is 7.34. The summed E-state index contributed by atoms with van der Waals surface area (Å²) in [5.41, 5.74) is 3.83. The van der Waals surface area contributed by atoms with Crippen LogP contribution in [0.15, 0.2) is 91.5 Å². The van der Waals surface area contributed by atoms with Gasteiger partial charge in [-0.05, 0) is 61.2 Å². The largest absolute Gasteiger partial charge is 0.494 e. The summed E-state index contributed by atoms with van der Waals surface area (Å²) in [5, 5.41) is 0. The van der Waals surface area contributed by atoms with Crippen LogP contribution < -0.4 is 9.47 Å². The zero-order valence-electron chi connectivity index (χ0n) is 17.9. The summed E-state index contributed by atoms with van der Waals surface area (Å²) >= 11 is 0. The fourth-order valence-corrected chi connectivity index (χ4v) is 2.97. The summed E-state index contributed by atoms with van der Waals surface area (Å²) in [6, 6.07) is 25.0. The molecule has 158 valence electrons. The first kappa shape index (κ1) is 22.1. The van der Waals surface area contributed by atoms with Crippen LogP contribution in [0.3, 0.4) is 0 Å². The van der Waals surface area contributed by atoms with Crippen molar-refractivity contribution in [3.8, 4) is 11.5 Å². The molecule has 3 aromatic carbocycles. The van der Waals surface area contributed by atoms with Crippen molar-refractivity contribution in [3.05, 3.63) is 108 Å². The normalized spacial score (nSPS) is 10.7. The summed E-state index contributed by atoms with van der Waals surface area (Å²) in [5.74, 6) is 1.69. The van der Waals surface area contributed by atoms with Crippen molar-refractivity contribution in [3.63, 3.8) is 0 Å². The average molecular weight is 413 g/mol. The standard InChI is InChI=1S/C28H28O3/c1-22(2)24-13-17-27(18-14-24)31-21-7-6-20-30-26-15-10-23(11-16-26)12-19-28(29)25-8-4-3-5-9-25/h3-5,8-19H,1,6-7,20-21H2,2H3/b19-12+. The highest BCUT2D eigenvalue weighted by atomic mass is 16.5. The van der Waals surface area contributed by atoms with E-state index < -0.39 is 0 Å². The number of unbranched alkanes of at least 4 members (excludes halogenated alkanes) is 1. The minimum atomic E-state index is -0.00472. The number of carbonyl (C=O) groups excluding carboxylic acids is 1. The second kappa shape index (κ2) is 11.6. The molecule has 0 N–H and O–H groups in total. The summed E-state index contributed by atoms with van der Waals surface area (Å²) in [6.07, 6.45) is 5.25. The van der Waals surface area contributed by atoms with E-state index in [-0.39, 0.29) is 5.78 Å². The highest BCUT2D eigenvalue weighted by Crippen LogP contribution is 2.18. The van der Waals surface area contributed by atoms with Gasteiger partial charge in [-0.15, -0.1) is 0 Å². The van der Waals surface area contributed by atoms with Crippen LogP contribution in [0.25, 0.3) is 11.6 Å². The van der Waals surface area contributed by atoms with Gasteiger partial charge in [-0.3, -0.25) is 4.79 Å². The Morgan fingerprint density at radius 3 is 1.87 bits per heavy atom. The van der Waals surface area contributed by atoms with Crippen molar-refractivity contribution in [2.24, 2.45) is 0 Å². The zero-order valence-corrected chi connectivity index (χ0v) is 17.9.